The van der Waals surface area contributed by atoms with Gasteiger partial charge in [-0.3, -0.25) is 0 Å². The third-order valence-electron chi connectivity index (χ3n) is 1.31. The third-order valence-corrected chi connectivity index (χ3v) is 1.31. The maximum absolute atomic E-state index is 12.8. The van der Waals surface area contributed by atoms with Crippen LogP contribution >= 0.6 is 0 Å². The van der Waals surface area contributed by atoms with Gasteiger partial charge in [0.15, 0.2) is 0 Å². The van der Waals surface area contributed by atoms with E-state index >= 15 is 0 Å². The molecule has 1 N–H and O–H groups in total. The number of hydrogen-bond acceptors (Lipinski definition) is 2. The summed E-state index contributed by atoms with van der Waals surface area (Å²) in [6.45, 7) is -0.113. The molecule has 0 amide bonds. The fraction of sp³-hybridized carbons (Fsp3) is 0.125. The zero-order valence-corrected chi connectivity index (χ0v) is 6.14. The van der Waals surface area contributed by atoms with Gasteiger partial charge >= 0.3 is 0 Å². The fourth-order valence-electron chi connectivity index (χ4n) is 0.795. The number of para-hydroxylation sites is 1. The molecule has 0 atom stereocenters. The van der Waals surface area contributed by atoms with Gasteiger partial charge in [-0.05, 0) is 12.1 Å². The number of nitrogens with one attached hydrogen (secondary N) is 1. The standard InChI is InChI=1S/C8H6F2N2/c9-6-2-1-3-7(10)8(6)12-5-4-11/h1-3,12H,5H2. The van der Waals surface area contributed by atoms with Crippen molar-refractivity contribution in [3.05, 3.63) is 29.8 Å². The van der Waals surface area contributed by atoms with Crippen LogP contribution in [0.15, 0.2) is 18.2 Å². The van der Waals surface area contributed by atoms with Crippen molar-refractivity contribution in [1.82, 2.24) is 0 Å². The van der Waals surface area contributed by atoms with Crippen molar-refractivity contribution < 1.29 is 8.78 Å². The zero-order chi connectivity index (χ0) is 8.97. The summed E-state index contributed by atoms with van der Waals surface area (Å²) in [4.78, 5) is 0. The SMILES string of the molecule is N#CCNc1c(F)cccc1F. The Kier molecular flexibility index (Phi) is 2.59. The Morgan fingerprint density at radius 1 is 1.33 bits per heavy atom. The van der Waals surface area contributed by atoms with Crippen LogP contribution in [0.2, 0.25) is 0 Å². The summed E-state index contributed by atoms with van der Waals surface area (Å²) >= 11 is 0. The van der Waals surface area contributed by atoms with Crippen LogP contribution < -0.4 is 5.32 Å². The molecule has 0 unspecified atom stereocenters. The van der Waals surface area contributed by atoms with E-state index in [1.807, 2.05) is 0 Å². The molecule has 1 aromatic carbocycles. The molecule has 0 spiro atoms. The van der Waals surface area contributed by atoms with Crippen molar-refractivity contribution in [3.63, 3.8) is 0 Å². The number of benzene rings is 1. The maximum Gasteiger partial charge on any atom is 0.149 e. The van der Waals surface area contributed by atoms with E-state index in [1.54, 1.807) is 6.07 Å². The highest BCUT2D eigenvalue weighted by Gasteiger charge is 2.05. The van der Waals surface area contributed by atoms with Gasteiger partial charge in [0.2, 0.25) is 0 Å². The maximum atomic E-state index is 12.8. The second-order valence-corrected chi connectivity index (χ2v) is 2.11. The molecule has 62 valence electrons. The normalized spacial score (nSPS) is 9.08. The van der Waals surface area contributed by atoms with Crippen molar-refractivity contribution >= 4 is 5.69 Å². The Labute approximate surface area is 68.4 Å². The molecular formula is C8H6F2N2. The summed E-state index contributed by atoms with van der Waals surface area (Å²) in [6.07, 6.45) is 0. The number of anilines is 1. The van der Waals surface area contributed by atoms with Crippen LogP contribution in [-0.2, 0) is 0 Å². The molecule has 0 bridgehead atoms. The lowest BCUT2D eigenvalue weighted by Crippen LogP contribution is -2.02. The molecule has 0 aliphatic carbocycles. The minimum atomic E-state index is -0.690. The summed E-state index contributed by atoms with van der Waals surface area (Å²) in [5.74, 6) is -1.38. The van der Waals surface area contributed by atoms with Gasteiger partial charge in [0, 0.05) is 0 Å². The molecule has 4 heteroatoms. The number of hydrogen-bond donors (Lipinski definition) is 1. The van der Waals surface area contributed by atoms with Gasteiger partial charge in [0.05, 0.1) is 6.07 Å². The van der Waals surface area contributed by atoms with Gasteiger partial charge in [0.1, 0.15) is 23.9 Å². The molecule has 0 heterocycles. The second-order valence-electron chi connectivity index (χ2n) is 2.11. The highest BCUT2D eigenvalue weighted by atomic mass is 19.1. The average molecular weight is 168 g/mol. The Hall–Kier alpha value is -1.63. The molecule has 0 fully saturated rings. The van der Waals surface area contributed by atoms with E-state index in [0.29, 0.717) is 0 Å². The molecule has 0 radical (unpaired) electrons. The van der Waals surface area contributed by atoms with Crippen LogP contribution in [0.4, 0.5) is 14.5 Å². The van der Waals surface area contributed by atoms with E-state index < -0.39 is 11.6 Å². The minimum absolute atomic E-state index is 0.113. The largest absolute Gasteiger partial charge is 0.368 e. The van der Waals surface area contributed by atoms with E-state index in [4.69, 9.17) is 5.26 Å². The monoisotopic (exact) mass is 168 g/mol. The van der Waals surface area contributed by atoms with E-state index in [9.17, 15) is 8.78 Å². The molecule has 1 rings (SSSR count). The highest BCUT2D eigenvalue weighted by Crippen LogP contribution is 2.16. The summed E-state index contributed by atoms with van der Waals surface area (Å²) in [5, 5.41) is 10.5. The number of nitriles is 1. The molecule has 0 aromatic heterocycles. The van der Waals surface area contributed by atoms with Gasteiger partial charge in [-0.2, -0.15) is 5.26 Å². The summed E-state index contributed by atoms with van der Waals surface area (Å²) in [7, 11) is 0. The van der Waals surface area contributed by atoms with Crippen molar-refractivity contribution in [1.29, 1.82) is 5.26 Å². The lowest BCUT2D eigenvalue weighted by atomic mass is 10.3. The average Bonchev–Trinajstić information content (AvgIpc) is 2.04. The molecule has 0 aliphatic rings. The topological polar surface area (TPSA) is 35.8 Å². The first-order chi connectivity index (χ1) is 5.75. The number of rotatable bonds is 2. The van der Waals surface area contributed by atoms with Crippen LogP contribution in [0.5, 0.6) is 0 Å². The van der Waals surface area contributed by atoms with E-state index in [-0.39, 0.29) is 12.2 Å². The van der Waals surface area contributed by atoms with Crippen molar-refractivity contribution in [2.24, 2.45) is 0 Å². The second kappa shape index (κ2) is 3.67. The number of halogens is 2. The van der Waals surface area contributed by atoms with Crippen LogP contribution in [0, 0.1) is 23.0 Å². The Morgan fingerprint density at radius 2 is 1.92 bits per heavy atom. The molecule has 0 saturated heterocycles. The predicted molar refractivity (Wildman–Crippen MR) is 40.5 cm³/mol. The quantitative estimate of drug-likeness (QED) is 0.684. The fourth-order valence-corrected chi connectivity index (χ4v) is 0.795. The Balaban J connectivity index is 2.90. The lowest BCUT2D eigenvalue weighted by Gasteiger charge is -2.03. The van der Waals surface area contributed by atoms with Crippen LogP contribution in [0.1, 0.15) is 0 Å². The molecule has 0 aliphatic heterocycles. The van der Waals surface area contributed by atoms with Crippen LogP contribution in [-0.4, -0.2) is 6.54 Å². The van der Waals surface area contributed by atoms with Gasteiger partial charge in [-0.25, -0.2) is 8.78 Å². The molecule has 0 saturated carbocycles. The first-order valence-corrected chi connectivity index (χ1v) is 3.30. The van der Waals surface area contributed by atoms with E-state index in [0.717, 1.165) is 12.1 Å². The summed E-state index contributed by atoms with van der Waals surface area (Å²) in [5.41, 5.74) is -0.251. The third kappa shape index (κ3) is 1.70. The lowest BCUT2D eigenvalue weighted by molar-refractivity contribution is 0.589. The van der Waals surface area contributed by atoms with E-state index in [1.165, 1.54) is 6.07 Å². The molecular weight excluding hydrogens is 162 g/mol. The number of nitrogens with zero attached hydrogens (tertiary/aromatic N) is 1. The zero-order valence-electron chi connectivity index (χ0n) is 6.14. The van der Waals surface area contributed by atoms with Crippen LogP contribution in [0.3, 0.4) is 0 Å². The summed E-state index contributed by atoms with van der Waals surface area (Å²) < 4.78 is 25.5. The van der Waals surface area contributed by atoms with Crippen molar-refractivity contribution in [2.45, 2.75) is 0 Å². The first kappa shape index (κ1) is 8.47. The van der Waals surface area contributed by atoms with Gasteiger partial charge < -0.3 is 5.32 Å². The highest BCUT2D eigenvalue weighted by molar-refractivity contribution is 5.46. The van der Waals surface area contributed by atoms with Crippen molar-refractivity contribution in [2.75, 3.05) is 11.9 Å². The molecule has 12 heavy (non-hydrogen) atoms. The van der Waals surface area contributed by atoms with Crippen LogP contribution in [0.25, 0.3) is 0 Å². The smallest absolute Gasteiger partial charge is 0.149 e. The Bertz CT molecular complexity index is 297. The predicted octanol–water partition coefficient (Wildman–Crippen LogP) is 1.90. The minimum Gasteiger partial charge on any atom is -0.368 e. The molecule has 1 aromatic rings. The van der Waals surface area contributed by atoms with E-state index in [2.05, 4.69) is 5.32 Å². The Morgan fingerprint density at radius 3 is 2.42 bits per heavy atom. The first-order valence-electron chi connectivity index (χ1n) is 3.30. The summed E-state index contributed by atoms with van der Waals surface area (Å²) in [6, 6.07) is 5.25. The van der Waals surface area contributed by atoms with Gasteiger partial charge in [0.25, 0.3) is 0 Å². The molecule has 2 nitrogen and oxygen atoms in total. The van der Waals surface area contributed by atoms with Crippen molar-refractivity contribution in [3.8, 4) is 6.07 Å². The van der Waals surface area contributed by atoms with Gasteiger partial charge in [-0.1, -0.05) is 6.07 Å². The van der Waals surface area contributed by atoms with Gasteiger partial charge in [-0.15, -0.1) is 0 Å².